The van der Waals surface area contributed by atoms with Gasteiger partial charge in [0.1, 0.15) is 17.4 Å². The van der Waals surface area contributed by atoms with Crippen molar-refractivity contribution >= 4 is 17.4 Å². The highest BCUT2D eigenvalue weighted by molar-refractivity contribution is 6.04. The molecule has 1 aromatic heterocycles. The zero-order chi connectivity index (χ0) is 16.9. The largest absolute Gasteiger partial charge is 0.497 e. The van der Waals surface area contributed by atoms with Crippen LogP contribution < -0.4 is 20.3 Å². The second kappa shape index (κ2) is 7.27. The number of carbonyl (C=O) groups excluding carboxylic acids is 1. The second-order valence-electron chi connectivity index (χ2n) is 5.44. The van der Waals surface area contributed by atoms with Crippen molar-refractivity contribution in [3.05, 3.63) is 47.9 Å². The zero-order valence-electron chi connectivity index (χ0n) is 13.4. The molecule has 1 fully saturated rings. The lowest BCUT2D eigenvalue weighted by molar-refractivity contribution is 0.102. The Morgan fingerprint density at radius 1 is 1.29 bits per heavy atom. The predicted octanol–water partition coefficient (Wildman–Crippen LogP) is 1.89. The number of carbonyl (C=O) groups is 1. The number of ether oxygens (including phenoxy) is 1. The normalized spacial score (nSPS) is 14.3. The van der Waals surface area contributed by atoms with E-state index in [9.17, 15) is 9.18 Å². The fourth-order valence-corrected chi connectivity index (χ4v) is 2.56. The van der Waals surface area contributed by atoms with E-state index in [0.29, 0.717) is 11.6 Å². The van der Waals surface area contributed by atoms with E-state index >= 15 is 0 Å². The number of pyridine rings is 1. The Morgan fingerprint density at radius 3 is 2.71 bits per heavy atom. The van der Waals surface area contributed by atoms with Gasteiger partial charge in [-0.05, 0) is 24.3 Å². The molecule has 1 aliphatic rings. The van der Waals surface area contributed by atoms with Crippen molar-refractivity contribution in [2.75, 3.05) is 43.5 Å². The van der Waals surface area contributed by atoms with Crippen LogP contribution in [0.5, 0.6) is 5.75 Å². The number of hydrogen-bond donors (Lipinski definition) is 2. The van der Waals surface area contributed by atoms with Crippen molar-refractivity contribution in [3.8, 4) is 5.75 Å². The summed E-state index contributed by atoms with van der Waals surface area (Å²) in [5.41, 5.74) is 0.953. The van der Waals surface area contributed by atoms with Crippen molar-refractivity contribution in [1.29, 1.82) is 0 Å². The Balaban J connectivity index is 1.68. The maximum atomic E-state index is 13.9. The summed E-state index contributed by atoms with van der Waals surface area (Å²) in [7, 11) is 1.44. The smallest absolute Gasteiger partial charge is 0.259 e. The van der Waals surface area contributed by atoms with Crippen LogP contribution in [0.4, 0.5) is 15.9 Å². The van der Waals surface area contributed by atoms with Crippen LogP contribution in [0, 0.1) is 5.82 Å². The molecule has 3 rings (SSSR count). The molecule has 7 heteroatoms. The second-order valence-corrected chi connectivity index (χ2v) is 5.44. The van der Waals surface area contributed by atoms with Gasteiger partial charge in [-0.1, -0.05) is 0 Å². The number of amides is 1. The van der Waals surface area contributed by atoms with Gasteiger partial charge in [0.05, 0.1) is 24.6 Å². The summed E-state index contributed by atoms with van der Waals surface area (Å²) in [5, 5.41) is 5.89. The summed E-state index contributed by atoms with van der Waals surface area (Å²) in [5.74, 6) is -0.432. The van der Waals surface area contributed by atoms with Crippen LogP contribution in [-0.4, -0.2) is 44.2 Å². The van der Waals surface area contributed by atoms with Crippen LogP contribution in [0.2, 0.25) is 0 Å². The van der Waals surface area contributed by atoms with E-state index in [2.05, 4.69) is 20.5 Å². The molecule has 1 aliphatic heterocycles. The minimum absolute atomic E-state index is 0.0521. The molecule has 0 aliphatic carbocycles. The highest BCUT2D eigenvalue weighted by Crippen LogP contribution is 2.19. The first-order chi connectivity index (χ1) is 11.7. The summed E-state index contributed by atoms with van der Waals surface area (Å²) in [6.45, 7) is 3.72. The SMILES string of the molecule is COc1ccc(C(=O)Nc2ccc(N3CCNCC3)cn2)c(F)c1. The van der Waals surface area contributed by atoms with Gasteiger partial charge in [-0.15, -0.1) is 0 Å². The monoisotopic (exact) mass is 330 g/mol. The Labute approximate surface area is 139 Å². The van der Waals surface area contributed by atoms with Gasteiger partial charge in [-0.2, -0.15) is 0 Å². The van der Waals surface area contributed by atoms with Gasteiger partial charge >= 0.3 is 0 Å². The number of hydrogen-bond acceptors (Lipinski definition) is 5. The van der Waals surface area contributed by atoms with Crippen LogP contribution in [0.25, 0.3) is 0 Å². The summed E-state index contributed by atoms with van der Waals surface area (Å²) >= 11 is 0. The van der Waals surface area contributed by atoms with Crippen LogP contribution >= 0.6 is 0 Å². The molecule has 6 nitrogen and oxygen atoms in total. The van der Waals surface area contributed by atoms with E-state index < -0.39 is 11.7 Å². The molecule has 1 aromatic carbocycles. The third-order valence-corrected chi connectivity index (χ3v) is 3.89. The quantitative estimate of drug-likeness (QED) is 0.896. The summed E-state index contributed by atoms with van der Waals surface area (Å²) in [6, 6.07) is 7.72. The van der Waals surface area contributed by atoms with Crippen molar-refractivity contribution in [3.63, 3.8) is 0 Å². The van der Waals surface area contributed by atoms with E-state index in [-0.39, 0.29) is 5.56 Å². The molecule has 1 saturated heterocycles. The lowest BCUT2D eigenvalue weighted by Crippen LogP contribution is -2.43. The highest BCUT2D eigenvalue weighted by Gasteiger charge is 2.14. The third kappa shape index (κ3) is 3.62. The van der Waals surface area contributed by atoms with Gasteiger partial charge < -0.3 is 20.3 Å². The maximum Gasteiger partial charge on any atom is 0.259 e. The molecule has 0 spiro atoms. The zero-order valence-corrected chi connectivity index (χ0v) is 13.4. The summed E-state index contributed by atoms with van der Waals surface area (Å²) in [6.07, 6.45) is 1.71. The molecule has 126 valence electrons. The molecule has 2 N–H and O–H groups in total. The Hall–Kier alpha value is -2.67. The molecular formula is C17H19FN4O2. The number of nitrogens with one attached hydrogen (secondary N) is 2. The number of rotatable bonds is 4. The highest BCUT2D eigenvalue weighted by atomic mass is 19.1. The fraction of sp³-hybridized carbons (Fsp3) is 0.294. The number of benzene rings is 1. The van der Waals surface area contributed by atoms with Crippen molar-refractivity contribution < 1.29 is 13.9 Å². The predicted molar refractivity (Wildman–Crippen MR) is 90.2 cm³/mol. The topological polar surface area (TPSA) is 66.5 Å². The molecule has 24 heavy (non-hydrogen) atoms. The van der Waals surface area contributed by atoms with Gasteiger partial charge in [0.2, 0.25) is 0 Å². The molecule has 0 atom stereocenters. The number of halogens is 1. The standard InChI is InChI=1S/C17H19FN4O2/c1-24-13-3-4-14(15(18)10-13)17(23)21-16-5-2-12(11-20-16)22-8-6-19-7-9-22/h2-5,10-11,19H,6-9H2,1H3,(H,20,21,23). The van der Waals surface area contributed by atoms with Gasteiger partial charge in [-0.3, -0.25) is 4.79 Å². The van der Waals surface area contributed by atoms with Gasteiger partial charge in [0, 0.05) is 32.2 Å². The molecular weight excluding hydrogens is 311 g/mol. The molecule has 0 bridgehead atoms. The molecule has 2 aromatic rings. The van der Waals surface area contributed by atoms with E-state index in [0.717, 1.165) is 31.9 Å². The molecule has 1 amide bonds. The maximum absolute atomic E-state index is 13.9. The van der Waals surface area contributed by atoms with Crippen LogP contribution in [-0.2, 0) is 0 Å². The Kier molecular flexibility index (Phi) is 4.90. The van der Waals surface area contributed by atoms with Crippen LogP contribution in [0.15, 0.2) is 36.5 Å². The Bertz CT molecular complexity index is 715. The third-order valence-electron chi connectivity index (χ3n) is 3.89. The lowest BCUT2D eigenvalue weighted by atomic mass is 10.2. The first-order valence-corrected chi connectivity index (χ1v) is 7.74. The van der Waals surface area contributed by atoms with E-state index in [1.807, 2.05) is 6.07 Å². The van der Waals surface area contributed by atoms with Gasteiger partial charge in [0.15, 0.2) is 0 Å². The first kappa shape index (κ1) is 16.2. The van der Waals surface area contributed by atoms with Gasteiger partial charge in [0.25, 0.3) is 5.91 Å². The van der Waals surface area contributed by atoms with Gasteiger partial charge in [-0.25, -0.2) is 9.37 Å². The van der Waals surface area contributed by atoms with Crippen LogP contribution in [0.1, 0.15) is 10.4 Å². The number of anilines is 2. The van der Waals surface area contributed by atoms with Crippen LogP contribution in [0.3, 0.4) is 0 Å². The molecule has 2 heterocycles. The lowest BCUT2D eigenvalue weighted by Gasteiger charge is -2.29. The number of aromatic nitrogens is 1. The Morgan fingerprint density at radius 2 is 2.08 bits per heavy atom. The number of piperazine rings is 1. The number of nitrogens with zero attached hydrogens (tertiary/aromatic N) is 2. The van der Waals surface area contributed by atoms with Crippen molar-refractivity contribution in [2.24, 2.45) is 0 Å². The number of methoxy groups -OCH3 is 1. The van der Waals surface area contributed by atoms with E-state index in [1.54, 1.807) is 18.3 Å². The van der Waals surface area contributed by atoms with Crippen molar-refractivity contribution in [1.82, 2.24) is 10.3 Å². The minimum atomic E-state index is -0.635. The van der Waals surface area contributed by atoms with E-state index in [1.165, 1.54) is 19.2 Å². The summed E-state index contributed by atoms with van der Waals surface area (Å²) < 4.78 is 18.8. The summed E-state index contributed by atoms with van der Waals surface area (Å²) in [4.78, 5) is 18.6. The molecule has 0 radical (unpaired) electrons. The van der Waals surface area contributed by atoms with Crippen molar-refractivity contribution in [2.45, 2.75) is 0 Å². The first-order valence-electron chi connectivity index (χ1n) is 7.74. The fourth-order valence-electron chi connectivity index (χ4n) is 2.56. The van der Waals surface area contributed by atoms with E-state index in [4.69, 9.17) is 4.74 Å². The average molecular weight is 330 g/mol. The average Bonchev–Trinajstić information content (AvgIpc) is 2.63. The minimum Gasteiger partial charge on any atom is -0.497 e. The molecule has 0 unspecified atom stereocenters. The molecule has 0 saturated carbocycles.